The zero-order chi connectivity index (χ0) is 13.8. The second-order valence-electron chi connectivity index (χ2n) is 5.06. The molecule has 2 rings (SSSR count). The van der Waals surface area contributed by atoms with Crippen molar-refractivity contribution in [1.29, 1.82) is 0 Å². The highest BCUT2D eigenvalue weighted by molar-refractivity contribution is 5.95. The van der Waals surface area contributed by atoms with E-state index in [0.717, 1.165) is 31.5 Å². The first-order valence-corrected chi connectivity index (χ1v) is 6.83. The SMILES string of the molecule is Cc1c(C(=O)N2CCC[C@H](O)C2)cnn1CCCN. The van der Waals surface area contributed by atoms with Gasteiger partial charge in [-0.3, -0.25) is 9.48 Å². The van der Waals surface area contributed by atoms with Crippen LogP contribution >= 0.6 is 0 Å². The molecule has 1 aliphatic heterocycles. The molecule has 6 nitrogen and oxygen atoms in total. The lowest BCUT2D eigenvalue weighted by molar-refractivity contribution is 0.0473. The molecule has 0 aromatic carbocycles. The van der Waals surface area contributed by atoms with Crippen molar-refractivity contribution in [3.63, 3.8) is 0 Å². The van der Waals surface area contributed by atoms with E-state index in [-0.39, 0.29) is 5.91 Å². The number of aliphatic hydroxyl groups excluding tert-OH is 1. The van der Waals surface area contributed by atoms with E-state index >= 15 is 0 Å². The number of amides is 1. The third-order valence-electron chi connectivity index (χ3n) is 3.59. The molecule has 0 unspecified atom stereocenters. The number of likely N-dealkylation sites (tertiary alicyclic amines) is 1. The Morgan fingerprint density at radius 2 is 2.42 bits per heavy atom. The maximum atomic E-state index is 12.4. The second kappa shape index (κ2) is 6.16. The Balaban J connectivity index is 2.08. The van der Waals surface area contributed by atoms with Gasteiger partial charge in [-0.2, -0.15) is 5.10 Å². The molecule has 0 bridgehead atoms. The van der Waals surface area contributed by atoms with Gasteiger partial charge in [-0.05, 0) is 32.7 Å². The number of hydrogen-bond donors (Lipinski definition) is 2. The second-order valence-corrected chi connectivity index (χ2v) is 5.06. The predicted molar refractivity (Wildman–Crippen MR) is 71.8 cm³/mol. The minimum atomic E-state index is -0.398. The van der Waals surface area contributed by atoms with Crippen molar-refractivity contribution in [2.45, 2.75) is 38.8 Å². The minimum Gasteiger partial charge on any atom is -0.391 e. The van der Waals surface area contributed by atoms with Gasteiger partial charge in [0.15, 0.2) is 0 Å². The van der Waals surface area contributed by atoms with Gasteiger partial charge in [-0.1, -0.05) is 0 Å². The normalized spacial score (nSPS) is 19.7. The van der Waals surface area contributed by atoms with E-state index in [1.54, 1.807) is 11.1 Å². The number of rotatable bonds is 4. The van der Waals surface area contributed by atoms with Gasteiger partial charge >= 0.3 is 0 Å². The molecule has 0 radical (unpaired) electrons. The van der Waals surface area contributed by atoms with Crippen molar-refractivity contribution in [2.75, 3.05) is 19.6 Å². The topological polar surface area (TPSA) is 84.4 Å². The Labute approximate surface area is 113 Å². The maximum Gasteiger partial charge on any atom is 0.257 e. The van der Waals surface area contributed by atoms with Crippen LogP contribution in [0.5, 0.6) is 0 Å². The summed E-state index contributed by atoms with van der Waals surface area (Å²) in [4.78, 5) is 14.1. The van der Waals surface area contributed by atoms with Gasteiger partial charge in [-0.15, -0.1) is 0 Å². The summed E-state index contributed by atoms with van der Waals surface area (Å²) in [6.45, 7) is 4.38. The number of aryl methyl sites for hydroxylation is 1. The molecule has 19 heavy (non-hydrogen) atoms. The van der Waals surface area contributed by atoms with E-state index in [0.29, 0.717) is 25.2 Å². The van der Waals surface area contributed by atoms with Crippen molar-refractivity contribution in [3.05, 3.63) is 17.5 Å². The van der Waals surface area contributed by atoms with E-state index in [2.05, 4.69) is 5.10 Å². The first-order valence-electron chi connectivity index (χ1n) is 6.83. The summed E-state index contributed by atoms with van der Waals surface area (Å²) in [5.41, 5.74) is 6.99. The fraction of sp³-hybridized carbons (Fsp3) is 0.692. The van der Waals surface area contributed by atoms with Gasteiger partial charge in [0.05, 0.1) is 17.9 Å². The number of β-amino-alcohol motifs (C(OH)–C–C–N with tert-alkyl or cyclic N) is 1. The van der Waals surface area contributed by atoms with Crippen LogP contribution in [0.25, 0.3) is 0 Å². The Kier molecular flexibility index (Phi) is 4.55. The van der Waals surface area contributed by atoms with Crippen molar-refractivity contribution in [3.8, 4) is 0 Å². The molecule has 1 aromatic heterocycles. The number of aromatic nitrogens is 2. The first kappa shape index (κ1) is 14.0. The van der Waals surface area contributed by atoms with Crippen molar-refractivity contribution in [2.24, 2.45) is 5.73 Å². The number of carbonyl (C=O) groups is 1. The average molecular weight is 266 g/mol. The van der Waals surface area contributed by atoms with E-state index in [9.17, 15) is 9.90 Å². The third kappa shape index (κ3) is 3.13. The number of aliphatic hydroxyl groups is 1. The maximum absolute atomic E-state index is 12.4. The van der Waals surface area contributed by atoms with Gasteiger partial charge < -0.3 is 15.7 Å². The molecule has 0 aliphatic carbocycles. The Morgan fingerprint density at radius 3 is 3.11 bits per heavy atom. The number of piperidine rings is 1. The summed E-state index contributed by atoms with van der Waals surface area (Å²) in [6.07, 6.45) is 3.70. The molecule has 3 N–H and O–H groups in total. The highest BCUT2D eigenvalue weighted by atomic mass is 16.3. The van der Waals surface area contributed by atoms with Crippen LogP contribution in [0, 0.1) is 6.92 Å². The van der Waals surface area contributed by atoms with Gasteiger partial charge in [0.25, 0.3) is 5.91 Å². The fourth-order valence-electron chi connectivity index (χ4n) is 2.43. The quantitative estimate of drug-likeness (QED) is 0.811. The lowest BCUT2D eigenvalue weighted by Crippen LogP contribution is -2.42. The average Bonchev–Trinajstić information content (AvgIpc) is 2.77. The molecule has 1 saturated heterocycles. The predicted octanol–water partition coefficient (Wildman–Crippen LogP) is 0.137. The number of carbonyl (C=O) groups excluding carboxylic acids is 1. The van der Waals surface area contributed by atoms with E-state index in [1.165, 1.54) is 0 Å². The Bertz CT molecular complexity index is 444. The molecule has 1 fully saturated rings. The van der Waals surface area contributed by atoms with Crippen LogP contribution in [0.1, 0.15) is 35.3 Å². The van der Waals surface area contributed by atoms with Gasteiger partial charge in [0.1, 0.15) is 0 Å². The number of nitrogens with zero attached hydrogens (tertiary/aromatic N) is 3. The number of hydrogen-bond acceptors (Lipinski definition) is 4. The van der Waals surface area contributed by atoms with E-state index in [1.807, 2.05) is 11.6 Å². The summed E-state index contributed by atoms with van der Waals surface area (Å²) >= 11 is 0. The number of nitrogens with two attached hydrogens (primary N) is 1. The van der Waals surface area contributed by atoms with E-state index in [4.69, 9.17) is 5.73 Å². The van der Waals surface area contributed by atoms with Gasteiger partial charge in [0.2, 0.25) is 0 Å². The lowest BCUT2D eigenvalue weighted by atomic mass is 10.1. The summed E-state index contributed by atoms with van der Waals surface area (Å²) in [6, 6.07) is 0. The summed E-state index contributed by atoms with van der Waals surface area (Å²) in [7, 11) is 0. The molecule has 0 saturated carbocycles. The third-order valence-corrected chi connectivity index (χ3v) is 3.59. The van der Waals surface area contributed by atoms with E-state index < -0.39 is 6.10 Å². The van der Waals surface area contributed by atoms with Crippen LogP contribution in [0.4, 0.5) is 0 Å². The van der Waals surface area contributed by atoms with Crippen LogP contribution in [0.2, 0.25) is 0 Å². The van der Waals surface area contributed by atoms with Gasteiger partial charge in [0, 0.05) is 25.3 Å². The van der Waals surface area contributed by atoms with Crippen LogP contribution in [0.15, 0.2) is 6.20 Å². The monoisotopic (exact) mass is 266 g/mol. The summed E-state index contributed by atoms with van der Waals surface area (Å²) in [5, 5.41) is 13.9. The molecule has 106 valence electrons. The molecular formula is C13H22N4O2. The smallest absolute Gasteiger partial charge is 0.257 e. The van der Waals surface area contributed by atoms with Crippen molar-refractivity contribution >= 4 is 5.91 Å². The highest BCUT2D eigenvalue weighted by Crippen LogP contribution is 2.16. The molecule has 2 heterocycles. The van der Waals surface area contributed by atoms with Crippen LogP contribution in [0.3, 0.4) is 0 Å². The Morgan fingerprint density at radius 1 is 1.63 bits per heavy atom. The van der Waals surface area contributed by atoms with Crippen LogP contribution in [-0.2, 0) is 6.54 Å². The minimum absolute atomic E-state index is 0.0322. The van der Waals surface area contributed by atoms with Crippen molar-refractivity contribution in [1.82, 2.24) is 14.7 Å². The lowest BCUT2D eigenvalue weighted by Gasteiger charge is -2.30. The molecule has 1 amide bonds. The standard InChI is InChI=1S/C13H22N4O2/c1-10-12(8-15-17(10)7-3-5-14)13(19)16-6-2-4-11(18)9-16/h8,11,18H,2-7,9,14H2,1H3/t11-/m0/s1. The molecule has 0 spiro atoms. The molecule has 1 aromatic rings. The first-order chi connectivity index (χ1) is 9.13. The highest BCUT2D eigenvalue weighted by Gasteiger charge is 2.25. The van der Waals surface area contributed by atoms with Gasteiger partial charge in [-0.25, -0.2) is 0 Å². The molecule has 6 heteroatoms. The molecule has 1 aliphatic rings. The van der Waals surface area contributed by atoms with Crippen LogP contribution < -0.4 is 5.73 Å². The summed E-state index contributed by atoms with van der Waals surface area (Å²) < 4.78 is 1.82. The fourth-order valence-corrected chi connectivity index (χ4v) is 2.43. The van der Waals surface area contributed by atoms with Crippen molar-refractivity contribution < 1.29 is 9.90 Å². The Hall–Kier alpha value is -1.40. The largest absolute Gasteiger partial charge is 0.391 e. The summed E-state index contributed by atoms with van der Waals surface area (Å²) in [5.74, 6) is -0.0322. The molecule has 1 atom stereocenters. The molecular weight excluding hydrogens is 244 g/mol. The zero-order valence-electron chi connectivity index (χ0n) is 11.4. The zero-order valence-corrected chi connectivity index (χ0v) is 11.4. The van der Waals surface area contributed by atoms with Crippen LogP contribution in [-0.4, -0.2) is 51.4 Å².